The molecule has 1 rings (SSSR count). The monoisotopic (exact) mass is 288 g/mol. The molecule has 0 amide bonds. The molecule has 0 spiro atoms. The summed E-state index contributed by atoms with van der Waals surface area (Å²) >= 11 is 3.38. The molecule has 2 N–H and O–H groups in total. The van der Waals surface area contributed by atoms with Crippen LogP contribution < -0.4 is 5.73 Å². The van der Waals surface area contributed by atoms with Gasteiger partial charge < -0.3 is 5.73 Å². The van der Waals surface area contributed by atoms with E-state index in [-0.39, 0.29) is 11.5 Å². The van der Waals surface area contributed by atoms with Crippen molar-refractivity contribution < 1.29 is 0 Å². The van der Waals surface area contributed by atoms with Crippen molar-refractivity contribution in [3.05, 3.63) is 10.3 Å². The van der Waals surface area contributed by atoms with Crippen LogP contribution in [0, 0.1) is 11.3 Å². The smallest absolute Gasteiger partial charge is 0.153 e. The largest absolute Gasteiger partial charge is 0.323 e. The SMILES string of the molecule is CC(CC(N)c1c(Br)nnn1C)C(C)(C)C. The molecule has 0 radical (unpaired) electrons. The Kier molecular flexibility index (Phi) is 4.12. The van der Waals surface area contributed by atoms with Crippen molar-refractivity contribution in [2.24, 2.45) is 24.1 Å². The highest BCUT2D eigenvalue weighted by atomic mass is 79.9. The first-order valence-corrected chi connectivity index (χ1v) is 6.33. The Morgan fingerprint density at radius 2 is 2.00 bits per heavy atom. The van der Waals surface area contributed by atoms with E-state index >= 15 is 0 Å². The lowest BCUT2D eigenvalue weighted by atomic mass is 9.78. The first-order chi connectivity index (χ1) is 7.23. The Bertz CT molecular complexity index is 334. The predicted octanol–water partition coefficient (Wildman–Crippen LogP) is 2.65. The number of hydrogen-bond donors (Lipinski definition) is 1. The number of rotatable bonds is 3. The van der Waals surface area contributed by atoms with E-state index in [1.54, 1.807) is 4.68 Å². The Labute approximate surface area is 106 Å². The van der Waals surface area contributed by atoms with Crippen LogP contribution >= 0.6 is 15.9 Å². The highest BCUT2D eigenvalue weighted by Gasteiger charge is 2.25. The molecule has 0 saturated carbocycles. The maximum Gasteiger partial charge on any atom is 0.153 e. The molecule has 0 aliphatic heterocycles. The summed E-state index contributed by atoms with van der Waals surface area (Å²) in [7, 11) is 1.87. The maximum atomic E-state index is 6.21. The summed E-state index contributed by atoms with van der Waals surface area (Å²) in [5.74, 6) is 0.546. The quantitative estimate of drug-likeness (QED) is 0.930. The summed E-state index contributed by atoms with van der Waals surface area (Å²) in [6.07, 6.45) is 0.934. The molecule has 2 unspecified atom stereocenters. The van der Waals surface area contributed by atoms with E-state index < -0.39 is 0 Å². The highest BCUT2D eigenvalue weighted by molar-refractivity contribution is 9.10. The average molecular weight is 289 g/mol. The molecule has 0 aliphatic rings. The molecule has 0 aromatic carbocycles. The molecule has 16 heavy (non-hydrogen) atoms. The number of aryl methyl sites for hydroxylation is 1. The van der Waals surface area contributed by atoms with Gasteiger partial charge in [-0.15, -0.1) is 5.10 Å². The van der Waals surface area contributed by atoms with Gasteiger partial charge in [-0.3, -0.25) is 0 Å². The van der Waals surface area contributed by atoms with E-state index in [1.807, 2.05) is 7.05 Å². The molecule has 0 fully saturated rings. The van der Waals surface area contributed by atoms with E-state index in [9.17, 15) is 0 Å². The van der Waals surface area contributed by atoms with Crippen LogP contribution in [0.1, 0.15) is 45.9 Å². The zero-order chi connectivity index (χ0) is 12.5. The fraction of sp³-hybridized carbons (Fsp3) is 0.818. The van der Waals surface area contributed by atoms with Crippen LogP contribution in [0.25, 0.3) is 0 Å². The first-order valence-electron chi connectivity index (χ1n) is 5.54. The lowest BCUT2D eigenvalue weighted by Gasteiger charge is -2.29. The van der Waals surface area contributed by atoms with Gasteiger partial charge in [-0.05, 0) is 33.7 Å². The van der Waals surface area contributed by atoms with Crippen molar-refractivity contribution in [3.63, 3.8) is 0 Å². The zero-order valence-corrected chi connectivity index (χ0v) is 12.2. The number of nitrogens with zero attached hydrogens (tertiary/aromatic N) is 3. The van der Waals surface area contributed by atoms with Gasteiger partial charge in [0.2, 0.25) is 0 Å². The van der Waals surface area contributed by atoms with Crippen molar-refractivity contribution >= 4 is 15.9 Å². The van der Waals surface area contributed by atoms with Crippen molar-refractivity contribution in [3.8, 4) is 0 Å². The van der Waals surface area contributed by atoms with Crippen molar-refractivity contribution in [1.82, 2.24) is 15.0 Å². The molecule has 0 bridgehead atoms. The van der Waals surface area contributed by atoms with Crippen LogP contribution in [-0.2, 0) is 7.05 Å². The summed E-state index contributed by atoms with van der Waals surface area (Å²) in [5.41, 5.74) is 7.45. The summed E-state index contributed by atoms with van der Waals surface area (Å²) in [5, 5.41) is 7.90. The van der Waals surface area contributed by atoms with Gasteiger partial charge in [0.1, 0.15) is 0 Å². The van der Waals surface area contributed by atoms with Crippen LogP contribution in [0.2, 0.25) is 0 Å². The lowest BCUT2D eigenvalue weighted by Crippen LogP contribution is -2.24. The van der Waals surface area contributed by atoms with Gasteiger partial charge in [-0.2, -0.15) is 0 Å². The predicted molar refractivity (Wildman–Crippen MR) is 68.9 cm³/mol. The van der Waals surface area contributed by atoms with E-state index in [0.717, 1.165) is 16.7 Å². The minimum absolute atomic E-state index is 0.0244. The van der Waals surface area contributed by atoms with Gasteiger partial charge in [0, 0.05) is 13.1 Å². The van der Waals surface area contributed by atoms with Crippen LogP contribution in [-0.4, -0.2) is 15.0 Å². The van der Waals surface area contributed by atoms with E-state index in [1.165, 1.54) is 0 Å². The van der Waals surface area contributed by atoms with E-state index in [0.29, 0.717) is 5.92 Å². The van der Waals surface area contributed by atoms with Gasteiger partial charge in [0.15, 0.2) is 4.60 Å². The Hall–Kier alpha value is -0.420. The van der Waals surface area contributed by atoms with Crippen LogP contribution in [0.5, 0.6) is 0 Å². The second-order valence-electron chi connectivity index (χ2n) is 5.50. The maximum absolute atomic E-state index is 6.21. The number of aromatic nitrogens is 3. The van der Waals surface area contributed by atoms with Crippen molar-refractivity contribution in [2.75, 3.05) is 0 Å². The van der Waals surface area contributed by atoms with Gasteiger partial charge in [-0.25, -0.2) is 4.68 Å². The van der Waals surface area contributed by atoms with Crippen LogP contribution in [0.3, 0.4) is 0 Å². The van der Waals surface area contributed by atoms with E-state index in [2.05, 4.69) is 53.9 Å². The molecule has 1 aromatic rings. The van der Waals surface area contributed by atoms with Crippen molar-refractivity contribution in [1.29, 1.82) is 0 Å². The number of nitrogens with two attached hydrogens (primary N) is 1. The third kappa shape index (κ3) is 3.04. The molecule has 5 heteroatoms. The first kappa shape index (κ1) is 13.6. The number of hydrogen-bond acceptors (Lipinski definition) is 3. The molecular formula is C11H21BrN4. The van der Waals surface area contributed by atoms with E-state index in [4.69, 9.17) is 5.73 Å². The molecule has 2 atom stereocenters. The van der Waals surface area contributed by atoms with Crippen molar-refractivity contribution in [2.45, 2.75) is 40.2 Å². The third-order valence-corrected chi connectivity index (χ3v) is 3.83. The van der Waals surface area contributed by atoms with Gasteiger partial charge in [0.25, 0.3) is 0 Å². The molecule has 1 heterocycles. The molecule has 0 aliphatic carbocycles. The van der Waals surface area contributed by atoms with Crippen LogP contribution in [0.15, 0.2) is 4.60 Å². The Balaban J connectivity index is 2.77. The minimum Gasteiger partial charge on any atom is -0.323 e. The summed E-state index contributed by atoms with van der Waals surface area (Å²) in [6.45, 7) is 8.94. The van der Waals surface area contributed by atoms with Crippen LogP contribution in [0.4, 0.5) is 0 Å². The van der Waals surface area contributed by atoms with Gasteiger partial charge in [-0.1, -0.05) is 32.9 Å². The van der Waals surface area contributed by atoms with Gasteiger partial charge >= 0.3 is 0 Å². The Morgan fingerprint density at radius 1 is 1.44 bits per heavy atom. The topological polar surface area (TPSA) is 56.7 Å². The molecule has 1 aromatic heterocycles. The fourth-order valence-corrected chi connectivity index (χ4v) is 2.20. The second kappa shape index (κ2) is 4.84. The normalized spacial score (nSPS) is 16.2. The Morgan fingerprint density at radius 3 is 2.38 bits per heavy atom. The lowest BCUT2D eigenvalue weighted by molar-refractivity contribution is 0.231. The fourth-order valence-electron chi connectivity index (χ4n) is 1.58. The second-order valence-corrected chi connectivity index (χ2v) is 6.25. The summed E-state index contributed by atoms with van der Waals surface area (Å²) < 4.78 is 2.49. The average Bonchev–Trinajstić information content (AvgIpc) is 2.44. The third-order valence-electron chi connectivity index (χ3n) is 3.26. The summed E-state index contributed by atoms with van der Waals surface area (Å²) in [4.78, 5) is 0. The highest BCUT2D eigenvalue weighted by Crippen LogP contribution is 2.33. The molecule has 92 valence electrons. The van der Waals surface area contributed by atoms with Gasteiger partial charge in [0.05, 0.1) is 5.69 Å². The summed E-state index contributed by atoms with van der Waals surface area (Å²) in [6, 6.07) is -0.0244. The zero-order valence-electron chi connectivity index (χ0n) is 10.7. The number of halogens is 1. The molecule has 0 saturated heterocycles. The molecule has 4 nitrogen and oxygen atoms in total. The molecular weight excluding hydrogens is 268 g/mol. The standard InChI is InChI=1S/C11H21BrN4/c1-7(11(2,3)4)6-8(13)9-10(12)14-15-16(9)5/h7-8H,6,13H2,1-5H3. The minimum atomic E-state index is -0.0244.